The average molecular weight is 401 g/mol. The van der Waals surface area contributed by atoms with Crippen molar-refractivity contribution in [1.82, 2.24) is 4.57 Å². The minimum Gasteiger partial charge on any atom is -0.475 e. The van der Waals surface area contributed by atoms with Crippen LogP contribution in [0.4, 0.5) is 0 Å². The van der Waals surface area contributed by atoms with E-state index in [2.05, 4.69) is 0 Å². The van der Waals surface area contributed by atoms with Crippen LogP contribution in [0.15, 0.2) is 79.0 Å². The van der Waals surface area contributed by atoms with Crippen molar-refractivity contribution in [3.63, 3.8) is 0 Å². The third-order valence-electron chi connectivity index (χ3n) is 4.44. The predicted molar refractivity (Wildman–Crippen MR) is 111 cm³/mol. The van der Waals surface area contributed by atoms with Gasteiger partial charge < -0.3 is 9.67 Å². The zero-order valence-corrected chi connectivity index (χ0v) is 16.0. The van der Waals surface area contributed by atoms with E-state index < -0.39 is 24.0 Å². The van der Waals surface area contributed by atoms with Gasteiger partial charge in [-0.1, -0.05) is 60.7 Å². The lowest BCUT2D eigenvalue weighted by Gasteiger charge is -2.06. The largest absolute Gasteiger partial charge is 0.475 e. The number of rotatable bonds is 9. The number of carboxylic acid groups (broad SMARTS) is 1. The molecule has 0 saturated heterocycles. The van der Waals surface area contributed by atoms with E-state index in [1.807, 2.05) is 41.0 Å². The van der Waals surface area contributed by atoms with E-state index in [0.717, 1.165) is 11.6 Å². The maximum Gasteiger partial charge on any atom is 0.372 e. The number of nitrogens with zero attached hydrogens (tertiary/aromatic N) is 1. The summed E-state index contributed by atoms with van der Waals surface area (Å²) < 4.78 is 1.83. The van der Waals surface area contributed by atoms with Gasteiger partial charge in [-0.05, 0) is 23.8 Å². The Kier molecular flexibility index (Phi) is 6.49. The van der Waals surface area contributed by atoms with Crippen LogP contribution in [-0.2, 0) is 20.9 Å². The van der Waals surface area contributed by atoms with Gasteiger partial charge in [-0.15, -0.1) is 0 Å². The standard InChI is InChI=1S/C24H19NO5/c26-21(14-22(27)24(29)30)12-11-20-13-19(23(28)18-9-5-2-6-10-18)16-25(20)15-17-7-3-1-4-8-17/h1-13,16H,14-15H2,(H,29,30)/b12-11+. The fourth-order valence-corrected chi connectivity index (χ4v) is 2.93. The summed E-state index contributed by atoms with van der Waals surface area (Å²) in [6.45, 7) is 0.477. The van der Waals surface area contributed by atoms with Gasteiger partial charge in [0.2, 0.25) is 5.78 Å². The zero-order chi connectivity index (χ0) is 21.5. The molecule has 0 amide bonds. The molecule has 1 aromatic heterocycles. The number of aliphatic carboxylic acids is 1. The second-order valence-corrected chi connectivity index (χ2v) is 6.67. The molecular formula is C24H19NO5. The Hall–Kier alpha value is -4.06. The summed E-state index contributed by atoms with van der Waals surface area (Å²) in [5.41, 5.74) is 2.61. The van der Waals surface area contributed by atoms with Gasteiger partial charge in [0.15, 0.2) is 11.6 Å². The van der Waals surface area contributed by atoms with Crippen molar-refractivity contribution in [3.8, 4) is 0 Å². The van der Waals surface area contributed by atoms with E-state index in [0.29, 0.717) is 23.4 Å². The number of carboxylic acids is 1. The van der Waals surface area contributed by atoms with Crippen LogP contribution >= 0.6 is 0 Å². The number of hydrogen-bond donors (Lipinski definition) is 1. The number of carbonyl (C=O) groups excluding carboxylic acids is 3. The topological polar surface area (TPSA) is 93.4 Å². The van der Waals surface area contributed by atoms with Crippen LogP contribution in [0.5, 0.6) is 0 Å². The molecule has 0 saturated carbocycles. The minimum absolute atomic E-state index is 0.149. The first-order chi connectivity index (χ1) is 14.4. The molecular weight excluding hydrogens is 382 g/mol. The van der Waals surface area contributed by atoms with Crippen LogP contribution in [0.3, 0.4) is 0 Å². The van der Waals surface area contributed by atoms with E-state index in [-0.39, 0.29) is 5.78 Å². The predicted octanol–water partition coefficient (Wildman–Crippen LogP) is 3.39. The fraction of sp³-hybridized carbons (Fsp3) is 0.0833. The monoisotopic (exact) mass is 401 g/mol. The van der Waals surface area contributed by atoms with Crippen LogP contribution in [0.2, 0.25) is 0 Å². The first-order valence-electron chi connectivity index (χ1n) is 9.25. The highest BCUT2D eigenvalue weighted by molar-refractivity contribution is 6.37. The van der Waals surface area contributed by atoms with Gasteiger partial charge in [0, 0.05) is 29.6 Å². The number of Topliss-reactive ketones (excluding diaryl/α,β-unsaturated/α-hetero) is 1. The van der Waals surface area contributed by atoms with Gasteiger partial charge in [-0.25, -0.2) is 4.79 Å². The fourth-order valence-electron chi connectivity index (χ4n) is 2.93. The molecule has 3 aromatic rings. The third-order valence-corrected chi connectivity index (χ3v) is 4.44. The molecule has 0 unspecified atom stereocenters. The highest BCUT2D eigenvalue weighted by Gasteiger charge is 2.16. The van der Waals surface area contributed by atoms with Crippen molar-refractivity contribution >= 4 is 29.4 Å². The number of hydrogen-bond acceptors (Lipinski definition) is 4. The maximum absolute atomic E-state index is 12.8. The lowest BCUT2D eigenvalue weighted by molar-refractivity contribution is -0.149. The summed E-state index contributed by atoms with van der Waals surface area (Å²) in [6, 6.07) is 20.1. The first kappa shape index (κ1) is 20.7. The summed E-state index contributed by atoms with van der Waals surface area (Å²) in [5.74, 6) is -3.57. The summed E-state index contributed by atoms with van der Waals surface area (Å²) in [7, 11) is 0. The molecule has 0 aliphatic rings. The van der Waals surface area contributed by atoms with E-state index in [1.54, 1.807) is 36.5 Å². The van der Waals surface area contributed by atoms with Gasteiger partial charge >= 0.3 is 5.97 Å². The van der Waals surface area contributed by atoms with Crippen LogP contribution in [0.1, 0.15) is 33.6 Å². The van der Waals surface area contributed by atoms with Gasteiger partial charge in [0.25, 0.3) is 0 Å². The number of benzene rings is 2. The highest BCUT2D eigenvalue weighted by atomic mass is 16.4. The summed E-state index contributed by atoms with van der Waals surface area (Å²) >= 11 is 0. The molecule has 0 spiro atoms. The number of carbonyl (C=O) groups is 4. The maximum atomic E-state index is 12.8. The molecule has 0 bridgehead atoms. The molecule has 6 heteroatoms. The molecule has 0 fully saturated rings. The van der Waals surface area contributed by atoms with Crippen molar-refractivity contribution in [3.05, 3.63) is 101 Å². The molecule has 30 heavy (non-hydrogen) atoms. The highest BCUT2D eigenvalue weighted by Crippen LogP contribution is 2.17. The van der Waals surface area contributed by atoms with Crippen molar-refractivity contribution in [2.75, 3.05) is 0 Å². The Balaban J connectivity index is 1.89. The van der Waals surface area contributed by atoms with E-state index in [1.165, 1.54) is 6.08 Å². The second kappa shape index (κ2) is 9.43. The summed E-state index contributed by atoms with van der Waals surface area (Å²) in [4.78, 5) is 46.6. The number of allylic oxidation sites excluding steroid dienone is 1. The molecule has 1 heterocycles. The molecule has 0 aliphatic carbocycles. The Morgan fingerprint density at radius 3 is 2.13 bits per heavy atom. The Bertz CT molecular complexity index is 1110. The third kappa shape index (κ3) is 5.26. The summed E-state index contributed by atoms with van der Waals surface area (Å²) in [6.07, 6.45) is 3.66. The zero-order valence-electron chi connectivity index (χ0n) is 16.0. The molecule has 0 aliphatic heterocycles. The van der Waals surface area contributed by atoms with Crippen molar-refractivity contribution in [1.29, 1.82) is 0 Å². The molecule has 150 valence electrons. The second-order valence-electron chi connectivity index (χ2n) is 6.67. The van der Waals surface area contributed by atoms with Gasteiger partial charge in [0.1, 0.15) is 0 Å². The van der Waals surface area contributed by atoms with Gasteiger partial charge in [0.05, 0.1) is 6.42 Å². The normalized spacial score (nSPS) is 10.8. The molecule has 3 rings (SSSR count). The number of ketones is 3. The SMILES string of the molecule is O=C(/C=C/c1cc(C(=O)c2ccccc2)cn1Cc1ccccc1)CC(=O)C(=O)O. The summed E-state index contributed by atoms with van der Waals surface area (Å²) in [5, 5.41) is 8.63. The van der Waals surface area contributed by atoms with Crippen LogP contribution in [0, 0.1) is 0 Å². The molecule has 2 aromatic carbocycles. The Labute approximate surface area is 173 Å². The van der Waals surface area contributed by atoms with E-state index in [4.69, 9.17) is 5.11 Å². The first-order valence-corrected chi connectivity index (χ1v) is 9.25. The quantitative estimate of drug-likeness (QED) is 0.257. The molecule has 6 nitrogen and oxygen atoms in total. The smallest absolute Gasteiger partial charge is 0.372 e. The molecule has 0 atom stereocenters. The van der Waals surface area contributed by atoms with Crippen LogP contribution in [0.25, 0.3) is 6.08 Å². The van der Waals surface area contributed by atoms with E-state index in [9.17, 15) is 19.2 Å². The van der Waals surface area contributed by atoms with Crippen LogP contribution < -0.4 is 0 Å². The number of aromatic nitrogens is 1. The van der Waals surface area contributed by atoms with E-state index >= 15 is 0 Å². The molecule has 0 radical (unpaired) electrons. The molecule has 1 N–H and O–H groups in total. The minimum atomic E-state index is -1.64. The Morgan fingerprint density at radius 1 is 0.867 bits per heavy atom. The average Bonchev–Trinajstić information content (AvgIpc) is 3.15. The van der Waals surface area contributed by atoms with Gasteiger partial charge in [-0.2, -0.15) is 0 Å². The van der Waals surface area contributed by atoms with Crippen molar-refractivity contribution < 1.29 is 24.3 Å². The lowest BCUT2D eigenvalue weighted by atomic mass is 10.1. The van der Waals surface area contributed by atoms with Crippen LogP contribution in [-0.4, -0.2) is 33.0 Å². The lowest BCUT2D eigenvalue weighted by Crippen LogP contribution is -2.15. The van der Waals surface area contributed by atoms with Gasteiger partial charge in [-0.3, -0.25) is 14.4 Å². The Morgan fingerprint density at radius 2 is 1.50 bits per heavy atom. The van der Waals surface area contributed by atoms with Crippen molar-refractivity contribution in [2.45, 2.75) is 13.0 Å². The van der Waals surface area contributed by atoms with Crippen molar-refractivity contribution in [2.24, 2.45) is 0 Å².